The van der Waals surface area contributed by atoms with E-state index < -0.39 is 35.8 Å². The third kappa shape index (κ3) is 16.1. The fourth-order valence-electron chi connectivity index (χ4n) is 11.7. The minimum Gasteiger partial charge on any atom is -0.496 e. The fraction of sp³-hybridized carbons (Fsp3) is 0.364. The van der Waals surface area contributed by atoms with Gasteiger partial charge in [-0.2, -0.15) is 0 Å². The molecular formula is C66H72O18. The van der Waals surface area contributed by atoms with Gasteiger partial charge in [0.05, 0.1) is 42.7 Å². The predicted molar refractivity (Wildman–Crippen MR) is 311 cm³/mol. The van der Waals surface area contributed by atoms with E-state index in [2.05, 4.69) is 0 Å². The highest BCUT2D eigenvalue weighted by atomic mass is 16.5. The lowest BCUT2D eigenvalue weighted by atomic mass is 9.87. The molecule has 0 unspecified atom stereocenters. The first-order valence-corrected chi connectivity index (χ1v) is 27.7. The monoisotopic (exact) mass is 1150 g/mol. The van der Waals surface area contributed by atoms with Crippen LogP contribution in [0.4, 0.5) is 0 Å². The van der Waals surface area contributed by atoms with Gasteiger partial charge in [0.1, 0.15) is 34.5 Å². The smallest absolute Gasteiger partial charge is 0.303 e. The number of carboxylic acid groups (broad SMARTS) is 6. The summed E-state index contributed by atoms with van der Waals surface area (Å²) in [5, 5.41) is 59.6. The summed E-state index contributed by atoms with van der Waals surface area (Å²) in [4.78, 5) is 72.9. The number of rotatable bonds is 24. The molecule has 84 heavy (non-hydrogen) atoms. The highest BCUT2D eigenvalue weighted by Gasteiger charge is 2.26. The Kier molecular flexibility index (Phi) is 21.4. The van der Waals surface area contributed by atoms with Crippen LogP contribution in [0.15, 0.2) is 72.8 Å². The van der Waals surface area contributed by atoms with Crippen LogP contribution in [0, 0.1) is 0 Å². The lowest BCUT2D eigenvalue weighted by Crippen LogP contribution is -2.10. The predicted octanol–water partition coefficient (Wildman–Crippen LogP) is 9.70. The van der Waals surface area contributed by atoms with E-state index in [0.717, 1.165) is 0 Å². The molecule has 0 atom stereocenters. The van der Waals surface area contributed by atoms with E-state index in [9.17, 15) is 59.4 Å². The van der Waals surface area contributed by atoms with Gasteiger partial charge in [0.25, 0.3) is 0 Å². The van der Waals surface area contributed by atoms with Gasteiger partial charge in [-0.1, -0.05) is 72.8 Å². The zero-order valence-corrected chi connectivity index (χ0v) is 48.2. The second kappa shape index (κ2) is 28.8. The standard InChI is InChI=1S/C66H72O18/c1-79-61-43-19-37(7-13-55(67)68)20-44(61)32-46-22-39(9-15-57(71)72)24-48(63(46)81-3)34-50-26-41(11-17-59(75)76)28-52(65(50)83-5)36-54-30-42(12-18-60(77)78)29-53(66(54)84-6)35-51-27-40(10-16-58(73)74)25-49(64(51)82-4)33-47-23-38(8-14-56(69)70)21-45(31-43)62(47)80-2/h19-30H,7-18,31-36H2,1-6H3,(H,67,68)(H,69,70)(H,71,72)(H,73,74)(H,75,76)(H,77,78). The molecule has 18 heteroatoms. The number of benzene rings is 6. The van der Waals surface area contributed by atoms with Crippen LogP contribution in [0.2, 0.25) is 0 Å². The van der Waals surface area contributed by atoms with Crippen LogP contribution in [0.5, 0.6) is 34.5 Å². The molecule has 6 aromatic carbocycles. The second-order valence-corrected chi connectivity index (χ2v) is 21.1. The number of fused-ring (bicyclic) bond motifs is 12. The van der Waals surface area contributed by atoms with Gasteiger partial charge in [-0.15, -0.1) is 0 Å². The average molecular weight is 1150 g/mol. The molecule has 18 nitrogen and oxygen atoms in total. The molecule has 0 aromatic heterocycles. The largest absolute Gasteiger partial charge is 0.496 e. The first-order valence-electron chi connectivity index (χ1n) is 27.7. The quantitative estimate of drug-likeness (QED) is 0.0328. The molecule has 0 fully saturated rings. The van der Waals surface area contributed by atoms with Gasteiger partial charge in [0.2, 0.25) is 0 Å². The minimum atomic E-state index is -1.00. The van der Waals surface area contributed by atoms with E-state index in [1.807, 2.05) is 72.8 Å². The number of aliphatic carboxylic acids is 6. The zero-order chi connectivity index (χ0) is 60.8. The minimum absolute atomic E-state index is 0.154. The van der Waals surface area contributed by atoms with Crippen LogP contribution in [0.3, 0.4) is 0 Å². The molecule has 0 heterocycles. The van der Waals surface area contributed by atoms with Gasteiger partial charge in [-0.25, -0.2) is 0 Å². The summed E-state index contributed by atoms with van der Waals surface area (Å²) in [6.45, 7) is 0. The lowest BCUT2D eigenvalue weighted by molar-refractivity contribution is -0.138. The summed E-state index contributed by atoms with van der Waals surface area (Å²) in [6, 6.07) is 22.7. The van der Waals surface area contributed by atoms with E-state index in [4.69, 9.17) is 28.4 Å². The van der Waals surface area contributed by atoms with Crippen molar-refractivity contribution in [2.45, 2.75) is 116 Å². The van der Waals surface area contributed by atoms with Gasteiger partial charge in [0, 0.05) is 77.0 Å². The molecule has 0 saturated carbocycles. The number of ether oxygens (including phenoxy) is 6. The molecule has 0 radical (unpaired) electrons. The van der Waals surface area contributed by atoms with Crippen molar-refractivity contribution in [2.24, 2.45) is 0 Å². The van der Waals surface area contributed by atoms with Gasteiger partial charge in [-0.3, -0.25) is 28.8 Å². The summed E-state index contributed by atoms with van der Waals surface area (Å²) in [5.74, 6) is -3.16. The van der Waals surface area contributed by atoms with Crippen molar-refractivity contribution in [1.82, 2.24) is 0 Å². The summed E-state index contributed by atoms with van der Waals surface area (Å²) in [7, 11) is 9.23. The molecule has 12 bridgehead atoms. The number of methoxy groups -OCH3 is 6. The fourth-order valence-corrected chi connectivity index (χ4v) is 11.7. The third-order valence-electron chi connectivity index (χ3n) is 15.1. The van der Waals surface area contributed by atoms with Gasteiger partial charge in [0.15, 0.2) is 0 Å². The molecule has 6 aromatic rings. The Bertz CT molecular complexity index is 2740. The van der Waals surface area contributed by atoms with Crippen LogP contribution in [-0.4, -0.2) is 109 Å². The number of hydrogen-bond donors (Lipinski definition) is 6. The first kappa shape index (κ1) is 62.5. The SMILES string of the molecule is COc1c2cc(CCC(=O)O)cc1Cc1cc(CCC(=O)O)cc(c1OC)Cc1cc(CCC(=O)O)cc(c1OC)Cc1cc(CCC(=O)O)cc(c1OC)Cc1cc(CCC(=O)O)cc(c1OC)Cc1cc(CCC(=O)O)cc(c1OC)C2. The first-order chi connectivity index (χ1) is 40.2. The molecule has 1 aliphatic rings. The Morgan fingerprint density at radius 3 is 0.440 bits per heavy atom. The highest BCUT2D eigenvalue weighted by Crippen LogP contribution is 2.42. The summed E-state index contributed by atoms with van der Waals surface area (Å²) in [5.41, 5.74) is 12.1. The average Bonchev–Trinajstić information content (AvgIpc) is 3.64. The number of hydrogen-bond acceptors (Lipinski definition) is 12. The van der Waals surface area contributed by atoms with Crippen molar-refractivity contribution < 1.29 is 87.8 Å². The van der Waals surface area contributed by atoms with E-state index in [-0.39, 0.29) is 116 Å². The molecule has 1 aliphatic carbocycles. The molecule has 444 valence electrons. The Hall–Kier alpha value is -9.06. The maximum absolute atomic E-state index is 12.1. The van der Waals surface area contributed by atoms with Crippen LogP contribution in [-0.2, 0) is 106 Å². The van der Waals surface area contributed by atoms with Gasteiger partial charge < -0.3 is 59.1 Å². The van der Waals surface area contributed by atoms with Crippen LogP contribution in [0.1, 0.15) is 139 Å². The third-order valence-corrected chi connectivity index (χ3v) is 15.1. The van der Waals surface area contributed by atoms with Crippen LogP contribution >= 0.6 is 0 Å². The van der Waals surface area contributed by atoms with Crippen molar-refractivity contribution >= 4 is 35.8 Å². The van der Waals surface area contributed by atoms with Crippen molar-refractivity contribution in [2.75, 3.05) is 42.7 Å². The zero-order valence-electron chi connectivity index (χ0n) is 48.2. The topological polar surface area (TPSA) is 279 Å². The Morgan fingerprint density at radius 2 is 0.357 bits per heavy atom. The van der Waals surface area contributed by atoms with E-state index in [1.165, 1.54) is 42.7 Å². The Morgan fingerprint density at radius 1 is 0.250 bits per heavy atom. The van der Waals surface area contributed by atoms with Gasteiger partial charge in [-0.05, 0) is 139 Å². The van der Waals surface area contributed by atoms with E-state index in [1.54, 1.807) is 0 Å². The normalized spacial score (nSPS) is 12.1. The van der Waals surface area contributed by atoms with Gasteiger partial charge >= 0.3 is 35.8 Å². The maximum atomic E-state index is 12.1. The molecule has 0 spiro atoms. The second-order valence-electron chi connectivity index (χ2n) is 21.1. The molecule has 0 aliphatic heterocycles. The Labute approximate surface area is 487 Å². The summed E-state index contributed by atoms with van der Waals surface area (Å²) < 4.78 is 37.9. The molecule has 0 saturated heterocycles. The van der Waals surface area contributed by atoms with Crippen LogP contribution in [0.25, 0.3) is 0 Å². The lowest BCUT2D eigenvalue weighted by Gasteiger charge is -2.23. The molecule has 0 amide bonds. The molecule has 6 N–H and O–H groups in total. The summed E-state index contributed by atoms with van der Waals surface area (Å²) >= 11 is 0. The highest BCUT2D eigenvalue weighted by molar-refractivity contribution is 5.70. The number of aryl methyl sites for hydroxylation is 6. The van der Waals surface area contributed by atoms with Crippen LogP contribution < -0.4 is 28.4 Å². The van der Waals surface area contributed by atoms with Crippen molar-refractivity contribution in [3.05, 3.63) is 173 Å². The molecule has 7 rings (SSSR count). The number of carbonyl (C=O) groups is 6. The Balaban J connectivity index is 1.61. The van der Waals surface area contributed by atoms with Crippen molar-refractivity contribution in [3.63, 3.8) is 0 Å². The number of carboxylic acids is 6. The van der Waals surface area contributed by atoms with Crippen molar-refractivity contribution in [1.29, 1.82) is 0 Å². The molecular weight excluding hydrogens is 1080 g/mol. The van der Waals surface area contributed by atoms with E-state index >= 15 is 0 Å². The van der Waals surface area contributed by atoms with E-state index in [0.29, 0.717) is 135 Å². The maximum Gasteiger partial charge on any atom is 0.303 e. The summed E-state index contributed by atoms with van der Waals surface area (Å²) in [6.07, 6.45) is 0.797. The van der Waals surface area contributed by atoms with Crippen molar-refractivity contribution in [3.8, 4) is 34.5 Å².